The van der Waals surface area contributed by atoms with E-state index in [0.29, 0.717) is 17.3 Å². The van der Waals surface area contributed by atoms with Crippen molar-refractivity contribution >= 4 is 23.3 Å². The molecule has 0 bridgehead atoms. The number of carbonyl (C=O) groups excluding carboxylic acids is 1. The molecule has 0 spiro atoms. The second-order valence-electron chi connectivity index (χ2n) is 6.03. The van der Waals surface area contributed by atoms with E-state index in [9.17, 15) is 9.18 Å². The first-order valence-corrected chi connectivity index (χ1v) is 8.56. The summed E-state index contributed by atoms with van der Waals surface area (Å²) in [5.74, 6) is -0.394. The summed E-state index contributed by atoms with van der Waals surface area (Å²) in [5, 5.41) is 6.11. The fraction of sp³-hybridized carbons (Fsp3) is 0.150. The molecule has 0 saturated carbocycles. The van der Waals surface area contributed by atoms with Crippen LogP contribution in [0, 0.1) is 19.7 Å². The Bertz CT molecular complexity index is 935. The van der Waals surface area contributed by atoms with Gasteiger partial charge in [-0.15, -0.1) is 0 Å². The highest BCUT2D eigenvalue weighted by Gasteiger charge is 2.12. The number of benzene rings is 2. The number of hydrogen-bond donors (Lipinski definition) is 2. The van der Waals surface area contributed by atoms with Gasteiger partial charge in [-0.1, -0.05) is 17.7 Å². The smallest absolute Gasteiger partial charge is 0.319 e. The Morgan fingerprint density at radius 2 is 1.85 bits per heavy atom. The summed E-state index contributed by atoms with van der Waals surface area (Å²) in [6, 6.07) is 15.0. The minimum atomic E-state index is -0.394. The molecule has 3 rings (SSSR count). The third kappa shape index (κ3) is 4.06. The van der Waals surface area contributed by atoms with Crippen molar-refractivity contribution in [2.24, 2.45) is 0 Å². The van der Waals surface area contributed by atoms with Crippen molar-refractivity contribution in [1.82, 2.24) is 9.88 Å². The van der Waals surface area contributed by atoms with Crippen molar-refractivity contribution in [2.75, 3.05) is 5.32 Å². The average molecular weight is 372 g/mol. The predicted molar refractivity (Wildman–Crippen MR) is 103 cm³/mol. The number of nitrogens with zero attached hydrogens (tertiary/aromatic N) is 1. The Morgan fingerprint density at radius 3 is 2.54 bits per heavy atom. The SMILES string of the molecule is Cc1cc(CNC(=O)Nc2cccc(F)c2)c(C)n1-c1ccc(Cl)cc1. The van der Waals surface area contributed by atoms with E-state index in [-0.39, 0.29) is 6.03 Å². The maximum Gasteiger partial charge on any atom is 0.319 e. The van der Waals surface area contributed by atoms with Gasteiger partial charge >= 0.3 is 6.03 Å². The van der Waals surface area contributed by atoms with Gasteiger partial charge in [0.05, 0.1) is 0 Å². The van der Waals surface area contributed by atoms with Gasteiger partial charge in [-0.25, -0.2) is 9.18 Å². The molecule has 0 fully saturated rings. The fourth-order valence-electron chi connectivity index (χ4n) is 2.91. The van der Waals surface area contributed by atoms with Crippen molar-refractivity contribution in [3.63, 3.8) is 0 Å². The number of carbonyl (C=O) groups is 1. The number of aryl methyl sites for hydroxylation is 1. The van der Waals surface area contributed by atoms with Gasteiger partial charge in [-0.05, 0) is 67.9 Å². The number of halogens is 2. The average Bonchev–Trinajstić information content (AvgIpc) is 2.88. The zero-order valence-corrected chi connectivity index (χ0v) is 15.3. The molecule has 2 amide bonds. The van der Waals surface area contributed by atoms with Crippen LogP contribution in [0.2, 0.25) is 5.02 Å². The third-order valence-corrected chi connectivity index (χ3v) is 4.39. The number of nitrogens with one attached hydrogen (secondary N) is 2. The van der Waals surface area contributed by atoms with Crippen molar-refractivity contribution in [3.05, 3.63) is 82.4 Å². The lowest BCUT2D eigenvalue weighted by molar-refractivity contribution is 0.251. The Morgan fingerprint density at radius 1 is 1.12 bits per heavy atom. The van der Waals surface area contributed by atoms with E-state index in [2.05, 4.69) is 15.2 Å². The first-order valence-electron chi connectivity index (χ1n) is 8.18. The predicted octanol–water partition coefficient (Wildman–Crippen LogP) is 5.21. The molecule has 0 aliphatic heterocycles. The van der Waals surface area contributed by atoms with Crippen LogP contribution in [0.1, 0.15) is 17.0 Å². The molecule has 0 saturated heterocycles. The molecule has 0 aliphatic carbocycles. The van der Waals surface area contributed by atoms with E-state index >= 15 is 0 Å². The monoisotopic (exact) mass is 371 g/mol. The zero-order valence-electron chi connectivity index (χ0n) is 14.5. The molecule has 2 N–H and O–H groups in total. The van der Waals surface area contributed by atoms with E-state index in [4.69, 9.17) is 11.6 Å². The summed E-state index contributed by atoms with van der Waals surface area (Å²) in [6.45, 7) is 4.38. The van der Waals surface area contributed by atoms with Gasteiger partial charge in [0.25, 0.3) is 0 Å². The number of urea groups is 1. The molecule has 1 aromatic heterocycles. The maximum absolute atomic E-state index is 13.2. The summed E-state index contributed by atoms with van der Waals surface area (Å²) in [5.41, 5.74) is 4.53. The summed E-state index contributed by atoms with van der Waals surface area (Å²) in [7, 11) is 0. The summed E-state index contributed by atoms with van der Waals surface area (Å²) in [6.07, 6.45) is 0. The Hall–Kier alpha value is -2.79. The fourth-order valence-corrected chi connectivity index (χ4v) is 3.04. The van der Waals surface area contributed by atoms with E-state index < -0.39 is 5.82 Å². The van der Waals surface area contributed by atoms with E-state index in [1.807, 2.05) is 44.2 Å². The Labute approximate surface area is 156 Å². The minimum Gasteiger partial charge on any atom is -0.334 e. The molecular weight excluding hydrogens is 353 g/mol. The van der Waals surface area contributed by atoms with Crippen LogP contribution < -0.4 is 10.6 Å². The molecule has 26 heavy (non-hydrogen) atoms. The molecule has 0 unspecified atom stereocenters. The topological polar surface area (TPSA) is 46.1 Å². The van der Waals surface area contributed by atoms with Crippen LogP contribution in [0.4, 0.5) is 14.9 Å². The van der Waals surface area contributed by atoms with Gasteiger partial charge in [0.1, 0.15) is 5.82 Å². The van der Waals surface area contributed by atoms with Gasteiger partial charge in [-0.3, -0.25) is 0 Å². The minimum absolute atomic E-state index is 0.369. The van der Waals surface area contributed by atoms with Gasteiger partial charge in [0, 0.05) is 34.3 Å². The number of aromatic nitrogens is 1. The molecule has 1 heterocycles. The van der Waals surface area contributed by atoms with Gasteiger partial charge in [0.2, 0.25) is 0 Å². The lowest BCUT2D eigenvalue weighted by Crippen LogP contribution is -2.28. The second-order valence-corrected chi connectivity index (χ2v) is 6.46. The van der Waals surface area contributed by atoms with Crippen molar-refractivity contribution in [1.29, 1.82) is 0 Å². The molecule has 6 heteroatoms. The Balaban J connectivity index is 1.70. The van der Waals surface area contributed by atoms with Crippen LogP contribution in [-0.2, 0) is 6.54 Å². The molecule has 4 nitrogen and oxygen atoms in total. The van der Waals surface area contributed by atoms with Crippen LogP contribution in [-0.4, -0.2) is 10.6 Å². The summed E-state index contributed by atoms with van der Waals surface area (Å²) in [4.78, 5) is 12.0. The third-order valence-electron chi connectivity index (χ3n) is 4.14. The molecule has 2 aromatic carbocycles. The second kappa shape index (κ2) is 7.62. The molecular formula is C20H19ClFN3O. The van der Waals surface area contributed by atoms with Gasteiger partial charge in [0.15, 0.2) is 0 Å². The number of anilines is 1. The van der Waals surface area contributed by atoms with Crippen LogP contribution in [0.15, 0.2) is 54.6 Å². The first-order chi connectivity index (χ1) is 12.4. The molecule has 0 atom stereocenters. The van der Waals surface area contributed by atoms with E-state index in [1.54, 1.807) is 12.1 Å². The van der Waals surface area contributed by atoms with E-state index in [0.717, 1.165) is 22.6 Å². The number of amides is 2. The number of hydrogen-bond acceptors (Lipinski definition) is 1. The normalized spacial score (nSPS) is 10.6. The molecule has 3 aromatic rings. The van der Waals surface area contributed by atoms with Crippen LogP contribution >= 0.6 is 11.6 Å². The molecule has 0 aliphatic rings. The van der Waals surface area contributed by atoms with Crippen LogP contribution in [0.3, 0.4) is 0 Å². The van der Waals surface area contributed by atoms with Crippen molar-refractivity contribution in [2.45, 2.75) is 20.4 Å². The van der Waals surface area contributed by atoms with Crippen LogP contribution in [0.5, 0.6) is 0 Å². The summed E-state index contributed by atoms with van der Waals surface area (Å²) >= 11 is 5.96. The van der Waals surface area contributed by atoms with Crippen LogP contribution in [0.25, 0.3) is 5.69 Å². The highest BCUT2D eigenvalue weighted by Crippen LogP contribution is 2.22. The summed E-state index contributed by atoms with van der Waals surface area (Å²) < 4.78 is 15.3. The highest BCUT2D eigenvalue weighted by molar-refractivity contribution is 6.30. The zero-order chi connectivity index (χ0) is 18.7. The first kappa shape index (κ1) is 18.0. The maximum atomic E-state index is 13.2. The lowest BCUT2D eigenvalue weighted by Gasteiger charge is -2.11. The standard InChI is InChI=1S/C20H19ClFN3O/c1-13-10-15(14(2)25(13)19-8-6-16(21)7-9-19)12-23-20(26)24-18-5-3-4-17(22)11-18/h3-11H,12H2,1-2H3,(H2,23,24,26). The quantitative estimate of drug-likeness (QED) is 0.649. The molecule has 0 radical (unpaired) electrons. The van der Waals surface area contributed by atoms with E-state index in [1.165, 1.54) is 12.1 Å². The van der Waals surface area contributed by atoms with Gasteiger partial charge < -0.3 is 15.2 Å². The largest absolute Gasteiger partial charge is 0.334 e. The Kier molecular flexibility index (Phi) is 5.28. The van der Waals surface area contributed by atoms with Gasteiger partial charge in [-0.2, -0.15) is 0 Å². The lowest BCUT2D eigenvalue weighted by atomic mass is 10.2. The van der Waals surface area contributed by atoms with Crippen molar-refractivity contribution in [3.8, 4) is 5.69 Å². The van der Waals surface area contributed by atoms with Crippen molar-refractivity contribution < 1.29 is 9.18 Å². The molecule has 134 valence electrons. The number of rotatable bonds is 4. The highest BCUT2D eigenvalue weighted by atomic mass is 35.5.